The average molecular weight is 284 g/mol. The third-order valence-corrected chi connectivity index (χ3v) is 5.32. The Morgan fingerprint density at radius 2 is 1.85 bits per heavy atom. The summed E-state index contributed by atoms with van der Waals surface area (Å²) in [5.41, 5.74) is 0.933. The zero-order chi connectivity index (χ0) is 15.2. The van der Waals surface area contributed by atoms with Crippen LogP contribution >= 0.6 is 0 Å². The van der Waals surface area contributed by atoms with E-state index in [9.17, 15) is 0 Å². The zero-order valence-electron chi connectivity index (χ0n) is 14.7. The van der Waals surface area contributed by atoms with Crippen LogP contribution in [-0.2, 0) is 4.74 Å². The lowest BCUT2D eigenvalue weighted by molar-refractivity contribution is 0.0215. The first-order chi connectivity index (χ1) is 9.33. The Kier molecular flexibility index (Phi) is 7.00. The molecule has 0 saturated heterocycles. The van der Waals surface area contributed by atoms with Gasteiger partial charge in [-0.25, -0.2) is 0 Å². The molecule has 120 valence electrons. The van der Waals surface area contributed by atoms with E-state index in [0.717, 1.165) is 12.5 Å². The molecule has 1 aliphatic carbocycles. The van der Waals surface area contributed by atoms with Gasteiger partial charge >= 0.3 is 0 Å². The van der Waals surface area contributed by atoms with Crippen molar-refractivity contribution in [1.29, 1.82) is 0 Å². The van der Waals surface area contributed by atoms with E-state index in [2.05, 4.69) is 39.9 Å². The Balaban J connectivity index is 2.61. The molecule has 1 N–H and O–H groups in total. The third-order valence-electron chi connectivity index (χ3n) is 5.32. The molecule has 0 bridgehead atoms. The summed E-state index contributed by atoms with van der Waals surface area (Å²) < 4.78 is 5.55. The molecule has 0 aromatic rings. The smallest absolute Gasteiger partial charge is 0.0549 e. The van der Waals surface area contributed by atoms with E-state index >= 15 is 0 Å². The summed E-state index contributed by atoms with van der Waals surface area (Å²) >= 11 is 0. The molecule has 1 saturated carbocycles. The SMILES string of the molecule is CCCNCC1(CC(C)OC)CCC(C(C)(C)C)CC1. The first-order valence-corrected chi connectivity index (χ1v) is 8.56. The summed E-state index contributed by atoms with van der Waals surface area (Å²) in [6, 6.07) is 0. The molecule has 1 aliphatic rings. The lowest BCUT2D eigenvalue weighted by atomic mass is 9.62. The maximum Gasteiger partial charge on any atom is 0.0549 e. The fraction of sp³-hybridized carbons (Fsp3) is 1.00. The number of ether oxygens (including phenoxy) is 1. The summed E-state index contributed by atoms with van der Waals surface area (Å²) in [4.78, 5) is 0. The molecular formula is C18H37NO. The highest BCUT2D eigenvalue weighted by Gasteiger charge is 2.39. The first kappa shape index (κ1) is 18.0. The van der Waals surface area contributed by atoms with E-state index < -0.39 is 0 Å². The second-order valence-corrected chi connectivity index (χ2v) is 8.07. The van der Waals surface area contributed by atoms with Gasteiger partial charge in [0.25, 0.3) is 0 Å². The molecule has 1 fully saturated rings. The maximum atomic E-state index is 5.55. The summed E-state index contributed by atoms with van der Waals surface area (Å²) in [6.45, 7) is 14.0. The second kappa shape index (κ2) is 7.79. The molecule has 1 atom stereocenters. The molecule has 2 heteroatoms. The topological polar surface area (TPSA) is 21.3 Å². The van der Waals surface area contributed by atoms with Crippen molar-refractivity contribution in [2.45, 2.75) is 79.2 Å². The molecule has 0 spiro atoms. The molecule has 0 amide bonds. The highest BCUT2D eigenvalue weighted by atomic mass is 16.5. The normalized spacial score (nSPS) is 29.4. The van der Waals surface area contributed by atoms with Gasteiger partial charge in [0.2, 0.25) is 0 Å². The highest BCUT2D eigenvalue weighted by molar-refractivity contribution is 4.91. The standard InChI is InChI=1S/C18H37NO/c1-7-12-19-14-18(13-15(2)20-6)10-8-16(9-11-18)17(3,4)5/h15-16,19H,7-14H2,1-6H3. The van der Waals surface area contributed by atoms with Crippen molar-refractivity contribution in [2.24, 2.45) is 16.7 Å². The Bertz CT molecular complexity index is 261. The summed E-state index contributed by atoms with van der Waals surface area (Å²) in [5, 5.41) is 3.67. The molecule has 1 unspecified atom stereocenters. The summed E-state index contributed by atoms with van der Waals surface area (Å²) in [7, 11) is 1.85. The van der Waals surface area contributed by atoms with Gasteiger partial charge < -0.3 is 10.1 Å². The van der Waals surface area contributed by atoms with Crippen molar-refractivity contribution in [1.82, 2.24) is 5.32 Å². The number of hydrogen-bond donors (Lipinski definition) is 1. The van der Waals surface area contributed by atoms with Gasteiger partial charge in [-0.2, -0.15) is 0 Å². The van der Waals surface area contributed by atoms with Crippen LogP contribution in [0.4, 0.5) is 0 Å². The number of hydrogen-bond acceptors (Lipinski definition) is 2. The fourth-order valence-corrected chi connectivity index (χ4v) is 3.77. The van der Waals surface area contributed by atoms with Gasteiger partial charge in [0.1, 0.15) is 0 Å². The van der Waals surface area contributed by atoms with Crippen LogP contribution in [0.1, 0.15) is 73.1 Å². The zero-order valence-corrected chi connectivity index (χ0v) is 14.7. The van der Waals surface area contributed by atoms with Gasteiger partial charge in [-0.05, 0) is 68.7 Å². The highest BCUT2D eigenvalue weighted by Crippen LogP contribution is 2.47. The van der Waals surface area contributed by atoms with Crippen LogP contribution in [0.2, 0.25) is 0 Å². The maximum absolute atomic E-state index is 5.55. The Labute approximate surface area is 127 Å². The number of nitrogens with one attached hydrogen (secondary N) is 1. The molecule has 20 heavy (non-hydrogen) atoms. The van der Waals surface area contributed by atoms with Crippen molar-refractivity contribution >= 4 is 0 Å². The summed E-state index contributed by atoms with van der Waals surface area (Å²) in [5.74, 6) is 0.889. The average Bonchev–Trinajstić information content (AvgIpc) is 2.38. The molecule has 2 nitrogen and oxygen atoms in total. The monoisotopic (exact) mass is 283 g/mol. The van der Waals surface area contributed by atoms with E-state index in [1.54, 1.807) is 0 Å². The molecule has 0 aromatic heterocycles. The number of methoxy groups -OCH3 is 1. The van der Waals surface area contributed by atoms with E-state index in [4.69, 9.17) is 4.74 Å². The minimum Gasteiger partial charge on any atom is -0.382 e. The van der Waals surface area contributed by atoms with Crippen LogP contribution in [0, 0.1) is 16.7 Å². The molecule has 0 radical (unpaired) electrons. The van der Waals surface area contributed by atoms with E-state index in [-0.39, 0.29) is 0 Å². The molecule has 0 aliphatic heterocycles. The van der Waals surface area contributed by atoms with E-state index in [0.29, 0.717) is 16.9 Å². The van der Waals surface area contributed by atoms with Gasteiger partial charge in [0, 0.05) is 13.7 Å². The molecule has 0 heterocycles. The number of rotatable bonds is 7. The van der Waals surface area contributed by atoms with Gasteiger partial charge in [-0.1, -0.05) is 27.7 Å². The van der Waals surface area contributed by atoms with Gasteiger partial charge in [-0.3, -0.25) is 0 Å². The van der Waals surface area contributed by atoms with Crippen molar-refractivity contribution < 1.29 is 4.74 Å². The van der Waals surface area contributed by atoms with Crippen molar-refractivity contribution in [3.8, 4) is 0 Å². The van der Waals surface area contributed by atoms with Crippen LogP contribution in [0.5, 0.6) is 0 Å². The Hall–Kier alpha value is -0.0800. The van der Waals surface area contributed by atoms with Gasteiger partial charge in [0.15, 0.2) is 0 Å². The fourth-order valence-electron chi connectivity index (χ4n) is 3.77. The quantitative estimate of drug-likeness (QED) is 0.688. The van der Waals surface area contributed by atoms with Crippen LogP contribution in [-0.4, -0.2) is 26.3 Å². The second-order valence-electron chi connectivity index (χ2n) is 8.07. The van der Waals surface area contributed by atoms with Crippen LogP contribution in [0.15, 0.2) is 0 Å². The molecule has 0 aromatic carbocycles. The first-order valence-electron chi connectivity index (χ1n) is 8.56. The van der Waals surface area contributed by atoms with Crippen LogP contribution in [0.25, 0.3) is 0 Å². The predicted molar refractivity (Wildman–Crippen MR) is 88.1 cm³/mol. The van der Waals surface area contributed by atoms with Gasteiger partial charge in [0.05, 0.1) is 6.10 Å². The molecule has 1 rings (SSSR count). The lowest BCUT2D eigenvalue weighted by Crippen LogP contribution is -2.42. The van der Waals surface area contributed by atoms with Gasteiger partial charge in [-0.15, -0.1) is 0 Å². The van der Waals surface area contributed by atoms with Crippen molar-refractivity contribution in [2.75, 3.05) is 20.2 Å². The van der Waals surface area contributed by atoms with E-state index in [1.807, 2.05) is 7.11 Å². The summed E-state index contributed by atoms with van der Waals surface area (Å²) in [6.07, 6.45) is 8.29. The largest absolute Gasteiger partial charge is 0.382 e. The van der Waals surface area contributed by atoms with Crippen molar-refractivity contribution in [3.05, 3.63) is 0 Å². The Morgan fingerprint density at radius 3 is 2.30 bits per heavy atom. The Morgan fingerprint density at radius 1 is 1.25 bits per heavy atom. The predicted octanol–water partition coefficient (Wildman–Crippen LogP) is 4.63. The van der Waals surface area contributed by atoms with Crippen LogP contribution < -0.4 is 5.32 Å². The lowest BCUT2D eigenvalue weighted by Gasteiger charge is -2.45. The minimum absolute atomic E-state index is 0.379. The molecular weight excluding hydrogens is 246 g/mol. The van der Waals surface area contributed by atoms with Crippen molar-refractivity contribution in [3.63, 3.8) is 0 Å². The minimum atomic E-state index is 0.379. The van der Waals surface area contributed by atoms with Crippen LogP contribution in [0.3, 0.4) is 0 Å². The third kappa shape index (κ3) is 5.37. The van der Waals surface area contributed by atoms with E-state index in [1.165, 1.54) is 45.1 Å².